The number of hydrogen-bond acceptors (Lipinski definition) is 2. The first-order valence-electron chi connectivity index (χ1n) is 5.31. The number of amides is 1. The molecule has 1 fully saturated rings. The van der Waals surface area contributed by atoms with Crippen LogP contribution < -0.4 is 5.32 Å². The summed E-state index contributed by atoms with van der Waals surface area (Å²) in [7, 11) is 0. The van der Waals surface area contributed by atoms with Gasteiger partial charge in [-0.05, 0) is 25.3 Å². The van der Waals surface area contributed by atoms with Crippen LogP contribution in [0.2, 0.25) is 0 Å². The van der Waals surface area contributed by atoms with Gasteiger partial charge in [-0.25, -0.2) is 4.79 Å². The van der Waals surface area contributed by atoms with Gasteiger partial charge in [0.15, 0.2) is 0 Å². The molecule has 14 heavy (non-hydrogen) atoms. The minimum Gasteiger partial charge on any atom is -0.465 e. The molecule has 82 valence electrons. The van der Waals surface area contributed by atoms with E-state index in [1.54, 1.807) is 0 Å². The minimum atomic E-state index is -0.785. The number of carboxylic acid groups (broad SMARTS) is 1. The van der Waals surface area contributed by atoms with Gasteiger partial charge in [0.25, 0.3) is 0 Å². The van der Waals surface area contributed by atoms with E-state index in [0.29, 0.717) is 25.0 Å². The first-order chi connectivity index (χ1) is 6.59. The highest BCUT2D eigenvalue weighted by molar-refractivity contribution is 5.65. The standard InChI is InChI=1S/C10H20N2O2/c1-8(2)7-11-9-3-5-12(6-4-9)10(13)14/h8-9,11H,3-7H2,1-2H3,(H,13,14). The summed E-state index contributed by atoms with van der Waals surface area (Å²) in [4.78, 5) is 12.1. The molecule has 2 N–H and O–H groups in total. The Kier molecular flexibility index (Phi) is 4.20. The van der Waals surface area contributed by atoms with Crippen molar-refractivity contribution in [1.82, 2.24) is 10.2 Å². The van der Waals surface area contributed by atoms with Crippen LogP contribution in [0.4, 0.5) is 4.79 Å². The fourth-order valence-corrected chi connectivity index (χ4v) is 1.68. The highest BCUT2D eigenvalue weighted by Gasteiger charge is 2.21. The number of nitrogens with one attached hydrogen (secondary N) is 1. The van der Waals surface area contributed by atoms with Crippen molar-refractivity contribution in [3.63, 3.8) is 0 Å². The van der Waals surface area contributed by atoms with E-state index in [2.05, 4.69) is 19.2 Å². The van der Waals surface area contributed by atoms with Gasteiger partial charge in [-0.15, -0.1) is 0 Å². The fraction of sp³-hybridized carbons (Fsp3) is 0.900. The van der Waals surface area contributed by atoms with Crippen molar-refractivity contribution in [2.45, 2.75) is 32.7 Å². The number of rotatable bonds is 3. The van der Waals surface area contributed by atoms with Crippen molar-refractivity contribution < 1.29 is 9.90 Å². The average Bonchev–Trinajstić information content (AvgIpc) is 2.15. The van der Waals surface area contributed by atoms with E-state index >= 15 is 0 Å². The third-order valence-corrected chi connectivity index (χ3v) is 2.58. The zero-order chi connectivity index (χ0) is 10.6. The Morgan fingerprint density at radius 3 is 2.50 bits per heavy atom. The van der Waals surface area contributed by atoms with Gasteiger partial charge in [-0.3, -0.25) is 0 Å². The third kappa shape index (κ3) is 3.54. The van der Waals surface area contributed by atoms with E-state index in [0.717, 1.165) is 19.4 Å². The molecular formula is C10H20N2O2. The summed E-state index contributed by atoms with van der Waals surface area (Å²) in [6.07, 6.45) is 1.10. The van der Waals surface area contributed by atoms with Crippen LogP contribution in [-0.2, 0) is 0 Å². The maximum atomic E-state index is 10.6. The lowest BCUT2D eigenvalue weighted by Crippen LogP contribution is -2.45. The summed E-state index contributed by atoms with van der Waals surface area (Å²) >= 11 is 0. The highest BCUT2D eigenvalue weighted by Crippen LogP contribution is 2.10. The Morgan fingerprint density at radius 1 is 1.50 bits per heavy atom. The molecule has 0 unspecified atom stereocenters. The fourth-order valence-electron chi connectivity index (χ4n) is 1.68. The average molecular weight is 200 g/mol. The summed E-state index contributed by atoms with van der Waals surface area (Å²) in [5.41, 5.74) is 0. The van der Waals surface area contributed by atoms with Crippen molar-refractivity contribution in [2.24, 2.45) is 5.92 Å². The minimum absolute atomic E-state index is 0.507. The Labute approximate surface area is 85.3 Å². The van der Waals surface area contributed by atoms with Crippen LogP contribution in [0, 0.1) is 5.92 Å². The van der Waals surface area contributed by atoms with Crippen LogP contribution in [0.15, 0.2) is 0 Å². The Bertz CT molecular complexity index is 187. The van der Waals surface area contributed by atoms with Crippen molar-refractivity contribution in [2.75, 3.05) is 19.6 Å². The van der Waals surface area contributed by atoms with E-state index in [4.69, 9.17) is 5.11 Å². The van der Waals surface area contributed by atoms with Crippen LogP contribution in [-0.4, -0.2) is 41.8 Å². The van der Waals surface area contributed by atoms with Crippen LogP contribution in [0.25, 0.3) is 0 Å². The summed E-state index contributed by atoms with van der Waals surface area (Å²) in [5.74, 6) is 0.660. The number of carbonyl (C=O) groups is 1. The molecule has 0 aromatic heterocycles. The summed E-state index contributed by atoms with van der Waals surface area (Å²) in [5, 5.41) is 12.2. The van der Waals surface area contributed by atoms with Gasteiger partial charge in [0, 0.05) is 19.1 Å². The second-order valence-corrected chi connectivity index (χ2v) is 4.35. The molecule has 0 aliphatic carbocycles. The van der Waals surface area contributed by atoms with E-state index in [-0.39, 0.29) is 0 Å². The molecule has 1 rings (SSSR count). The molecule has 0 aromatic carbocycles. The Morgan fingerprint density at radius 2 is 2.07 bits per heavy atom. The smallest absolute Gasteiger partial charge is 0.407 e. The molecule has 0 spiro atoms. The zero-order valence-electron chi connectivity index (χ0n) is 8.99. The molecule has 0 saturated carbocycles. The molecule has 0 atom stereocenters. The lowest BCUT2D eigenvalue weighted by Gasteiger charge is -2.30. The van der Waals surface area contributed by atoms with Crippen molar-refractivity contribution >= 4 is 6.09 Å². The summed E-state index contributed by atoms with van der Waals surface area (Å²) in [6.45, 7) is 6.73. The predicted molar refractivity (Wildman–Crippen MR) is 55.5 cm³/mol. The van der Waals surface area contributed by atoms with E-state index in [9.17, 15) is 4.79 Å². The van der Waals surface area contributed by atoms with Crippen LogP contribution in [0.3, 0.4) is 0 Å². The van der Waals surface area contributed by atoms with E-state index < -0.39 is 6.09 Å². The van der Waals surface area contributed by atoms with Gasteiger partial charge < -0.3 is 15.3 Å². The topological polar surface area (TPSA) is 52.6 Å². The quantitative estimate of drug-likeness (QED) is 0.723. The second kappa shape index (κ2) is 5.20. The largest absolute Gasteiger partial charge is 0.465 e. The van der Waals surface area contributed by atoms with Gasteiger partial charge >= 0.3 is 6.09 Å². The molecule has 4 heteroatoms. The maximum Gasteiger partial charge on any atom is 0.407 e. The number of hydrogen-bond donors (Lipinski definition) is 2. The van der Waals surface area contributed by atoms with Crippen LogP contribution in [0.5, 0.6) is 0 Å². The van der Waals surface area contributed by atoms with E-state index in [1.165, 1.54) is 4.90 Å². The molecular weight excluding hydrogens is 180 g/mol. The van der Waals surface area contributed by atoms with Crippen LogP contribution in [0.1, 0.15) is 26.7 Å². The van der Waals surface area contributed by atoms with Gasteiger partial charge in [0.05, 0.1) is 0 Å². The van der Waals surface area contributed by atoms with Crippen molar-refractivity contribution in [3.8, 4) is 0 Å². The lowest BCUT2D eigenvalue weighted by molar-refractivity contribution is 0.128. The maximum absolute atomic E-state index is 10.6. The number of piperidine rings is 1. The lowest BCUT2D eigenvalue weighted by atomic mass is 10.0. The molecule has 0 aromatic rings. The molecule has 1 amide bonds. The van der Waals surface area contributed by atoms with E-state index in [1.807, 2.05) is 0 Å². The molecule has 1 aliphatic heterocycles. The summed E-state index contributed by atoms with van der Waals surface area (Å²) in [6, 6.07) is 0.507. The molecule has 1 aliphatic rings. The Hall–Kier alpha value is -0.770. The predicted octanol–water partition coefficient (Wildman–Crippen LogP) is 1.37. The van der Waals surface area contributed by atoms with Crippen LogP contribution >= 0.6 is 0 Å². The molecule has 1 saturated heterocycles. The normalized spacial score (nSPS) is 18.9. The number of nitrogens with zero attached hydrogens (tertiary/aromatic N) is 1. The van der Waals surface area contributed by atoms with Crippen molar-refractivity contribution in [1.29, 1.82) is 0 Å². The molecule has 0 bridgehead atoms. The molecule has 1 heterocycles. The van der Waals surface area contributed by atoms with Crippen molar-refractivity contribution in [3.05, 3.63) is 0 Å². The SMILES string of the molecule is CC(C)CNC1CCN(C(=O)O)CC1. The summed E-state index contributed by atoms with van der Waals surface area (Å²) < 4.78 is 0. The number of likely N-dealkylation sites (tertiary alicyclic amines) is 1. The first kappa shape index (κ1) is 11.3. The molecule has 0 radical (unpaired) electrons. The second-order valence-electron chi connectivity index (χ2n) is 4.35. The first-order valence-corrected chi connectivity index (χ1v) is 5.31. The van der Waals surface area contributed by atoms with Gasteiger partial charge in [0.2, 0.25) is 0 Å². The van der Waals surface area contributed by atoms with Gasteiger partial charge in [-0.1, -0.05) is 13.8 Å². The van der Waals surface area contributed by atoms with Gasteiger partial charge in [0.1, 0.15) is 0 Å². The third-order valence-electron chi connectivity index (χ3n) is 2.58. The van der Waals surface area contributed by atoms with Gasteiger partial charge in [-0.2, -0.15) is 0 Å². The monoisotopic (exact) mass is 200 g/mol. The zero-order valence-corrected chi connectivity index (χ0v) is 8.99. The highest BCUT2D eigenvalue weighted by atomic mass is 16.4. The molecule has 4 nitrogen and oxygen atoms in total. The Balaban J connectivity index is 2.19.